The molecular formula is C43H28N2. The molecule has 0 atom stereocenters. The number of hydrogen-bond donors (Lipinski definition) is 0. The Morgan fingerprint density at radius 2 is 1.04 bits per heavy atom. The van der Waals surface area contributed by atoms with Crippen molar-refractivity contribution in [3.8, 4) is 39.3 Å². The molecular weight excluding hydrogens is 544 g/mol. The molecule has 9 rings (SSSR count). The van der Waals surface area contributed by atoms with E-state index in [2.05, 4.69) is 4.57 Å². The zero-order chi connectivity index (χ0) is 36.7. The Morgan fingerprint density at radius 1 is 0.467 bits per heavy atom. The van der Waals surface area contributed by atoms with Crippen molar-refractivity contribution in [3.05, 3.63) is 170 Å². The van der Waals surface area contributed by atoms with E-state index in [1.54, 1.807) is 0 Å². The molecule has 0 saturated heterocycles. The van der Waals surface area contributed by atoms with Crippen LogP contribution in [0.25, 0.3) is 82.7 Å². The van der Waals surface area contributed by atoms with Gasteiger partial charge in [0, 0.05) is 11.3 Å². The van der Waals surface area contributed by atoms with Crippen molar-refractivity contribution in [2.24, 2.45) is 0 Å². The summed E-state index contributed by atoms with van der Waals surface area (Å²) in [5, 5.41) is 2.55. The van der Waals surface area contributed by atoms with Crippen LogP contribution in [0.2, 0.25) is 0 Å². The van der Waals surface area contributed by atoms with Crippen molar-refractivity contribution in [3.63, 3.8) is 0 Å². The predicted molar refractivity (Wildman–Crippen MR) is 190 cm³/mol. The zero-order valence-corrected chi connectivity index (χ0v) is 23.9. The quantitative estimate of drug-likeness (QED) is 0.189. The Kier molecular flexibility index (Phi) is 4.27. The van der Waals surface area contributed by atoms with E-state index in [4.69, 9.17) is 10.5 Å². The molecule has 2 nitrogen and oxygen atoms in total. The molecule has 9 aromatic rings. The maximum Gasteiger partial charge on any atom is 0.145 e. The summed E-state index contributed by atoms with van der Waals surface area (Å²) in [6.45, 7) is 0. The molecule has 0 aliphatic carbocycles. The predicted octanol–water partition coefficient (Wildman–Crippen LogP) is 11.5. The highest BCUT2D eigenvalue weighted by molar-refractivity contribution is 6.21. The summed E-state index contributed by atoms with van der Waals surface area (Å²) in [7, 11) is 0. The van der Waals surface area contributed by atoms with Crippen LogP contribution in [0, 0.1) is 0 Å². The highest BCUT2D eigenvalue weighted by Gasteiger charge is 2.19. The van der Waals surface area contributed by atoms with Gasteiger partial charge in [0.15, 0.2) is 0 Å². The van der Waals surface area contributed by atoms with Crippen molar-refractivity contribution in [2.45, 2.75) is 0 Å². The van der Waals surface area contributed by atoms with Gasteiger partial charge in [-0.1, -0.05) is 133 Å². The molecule has 0 unspecified atom stereocenters. The smallest absolute Gasteiger partial charge is 0.145 e. The number of aromatic nitrogens is 2. The van der Waals surface area contributed by atoms with Crippen molar-refractivity contribution < 1.29 is 11.0 Å². The fraction of sp³-hybridized carbons (Fsp3) is 0. The highest BCUT2D eigenvalue weighted by atomic mass is 15.1. The molecule has 0 fully saturated rings. The third-order valence-corrected chi connectivity index (χ3v) is 8.40. The van der Waals surface area contributed by atoms with E-state index in [-0.39, 0.29) is 45.7 Å². The average Bonchev–Trinajstić information content (AvgIpc) is 3.59. The summed E-state index contributed by atoms with van der Waals surface area (Å²) in [4.78, 5) is 5.03. The number of hydrogen-bond acceptors (Lipinski definition) is 1. The summed E-state index contributed by atoms with van der Waals surface area (Å²) in [5.74, 6) is 0.643. The van der Waals surface area contributed by atoms with Crippen LogP contribution in [-0.2, 0) is 0 Å². The first kappa shape index (κ1) is 18.6. The number of rotatable bonds is 4. The normalized spacial score (nSPS) is 14.0. The van der Waals surface area contributed by atoms with E-state index in [0.29, 0.717) is 33.6 Å². The van der Waals surface area contributed by atoms with Crippen LogP contribution in [0.4, 0.5) is 0 Å². The molecule has 0 spiro atoms. The molecule has 1 heterocycles. The standard InChI is InChI=1S/C43H28N2/c1-2-17-34(18-3-1)45-40-24-11-10-23-39(40)44-43(45)33-16-12-15-31(28-33)41-35-19-6-8-21-37(35)42(38-22-9-7-20-36(38)41)32-26-25-29-13-4-5-14-30(29)27-32/h1-28H/i6D,7D,8D,9D,19D,20D,21D,22D. The van der Waals surface area contributed by atoms with Gasteiger partial charge in [-0.05, 0) is 91.0 Å². The van der Waals surface area contributed by atoms with Crippen LogP contribution >= 0.6 is 0 Å². The number of benzene rings is 8. The molecule has 1 aromatic heterocycles. The fourth-order valence-corrected chi connectivity index (χ4v) is 6.42. The van der Waals surface area contributed by atoms with Crippen LogP contribution in [0.3, 0.4) is 0 Å². The Hall–Kier alpha value is -5.99. The summed E-state index contributed by atoms with van der Waals surface area (Å²) in [6, 6.07) is 35.7. The van der Waals surface area contributed by atoms with Crippen molar-refractivity contribution in [2.75, 3.05) is 0 Å². The van der Waals surface area contributed by atoms with E-state index in [9.17, 15) is 5.48 Å². The lowest BCUT2D eigenvalue weighted by molar-refractivity contribution is 1.10. The fourth-order valence-electron chi connectivity index (χ4n) is 6.42. The van der Waals surface area contributed by atoms with Gasteiger partial charge in [0.05, 0.1) is 22.0 Å². The van der Waals surface area contributed by atoms with Crippen LogP contribution < -0.4 is 0 Å². The maximum absolute atomic E-state index is 9.34. The monoisotopic (exact) mass is 580 g/mol. The molecule has 210 valence electrons. The van der Waals surface area contributed by atoms with Crippen molar-refractivity contribution >= 4 is 43.4 Å². The van der Waals surface area contributed by atoms with Gasteiger partial charge in [0.25, 0.3) is 0 Å². The summed E-state index contributed by atoms with van der Waals surface area (Å²) in [5.41, 5.74) is 5.02. The lowest BCUT2D eigenvalue weighted by Gasteiger charge is -2.18. The molecule has 45 heavy (non-hydrogen) atoms. The first-order valence-electron chi connectivity index (χ1n) is 18.7. The van der Waals surface area contributed by atoms with E-state index < -0.39 is 24.2 Å². The van der Waals surface area contributed by atoms with Crippen molar-refractivity contribution in [1.82, 2.24) is 9.55 Å². The Balaban J connectivity index is 1.45. The number of fused-ring (bicyclic) bond motifs is 4. The first-order chi connectivity index (χ1) is 25.7. The summed E-state index contributed by atoms with van der Waals surface area (Å²) in [6.07, 6.45) is 0. The summed E-state index contributed by atoms with van der Waals surface area (Å²) >= 11 is 0. The van der Waals surface area contributed by atoms with E-state index in [1.807, 2.05) is 121 Å². The molecule has 0 aliphatic rings. The molecule has 0 aliphatic heterocycles. The third kappa shape index (κ3) is 4.15. The second kappa shape index (κ2) is 10.3. The van der Waals surface area contributed by atoms with Gasteiger partial charge in [0.1, 0.15) is 5.82 Å². The molecule has 0 amide bonds. The number of imidazole rings is 1. The lowest BCUT2D eigenvalue weighted by Crippen LogP contribution is -1.97. The first-order valence-corrected chi connectivity index (χ1v) is 14.7. The molecule has 2 heteroatoms. The molecule has 0 saturated carbocycles. The second-order valence-electron chi connectivity index (χ2n) is 11.0. The number of para-hydroxylation sites is 3. The summed E-state index contributed by atoms with van der Waals surface area (Å²) < 4.78 is 74.4. The van der Waals surface area contributed by atoms with Gasteiger partial charge in [-0.3, -0.25) is 4.57 Å². The molecule has 0 bridgehead atoms. The van der Waals surface area contributed by atoms with Crippen LogP contribution in [0.5, 0.6) is 0 Å². The molecule has 0 radical (unpaired) electrons. The average molecular weight is 581 g/mol. The second-order valence-corrected chi connectivity index (χ2v) is 11.0. The minimum Gasteiger partial charge on any atom is -0.292 e. The minimum atomic E-state index is -0.435. The van der Waals surface area contributed by atoms with Crippen LogP contribution in [-0.4, -0.2) is 9.55 Å². The highest BCUT2D eigenvalue weighted by Crippen LogP contribution is 2.44. The maximum atomic E-state index is 9.34. The Bertz CT molecular complexity index is 2910. The van der Waals surface area contributed by atoms with Gasteiger partial charge >= 0.3 is 0 Å². The minimum absolute atomic E-state index is 0.172. The number of nitrogens with zero attached hydrogens (tertiary/aromatic N) is 2. The lowest BCUT2D eigenvalue weighted by atomic mass is 9.85. The molecule has 0 N–H and O–H groups in total. The van der Waals surface area contributed by atoms with E-state index in [0.717, 1.165) is 27.5 Å². The SMILES string of the molecule is [2H]c1c([2H])c([2H])c2c(-c3ccc4ccccc4c3)c3c([2H])c([2H])c([2H])c([2H])c3c(-c3cccc(-c4nc5ccccc5n4-c4ccccc4)c3)c2c1[2H]. The van der Waals surface area contributed by atoms with Gasteiger partial charge in [0.2, 0.25) is 0 Å². The van der Waals surface area contributed by atoms with E-state index in [1.165, 1.54) is 0 Å². The van der Waals surface area contributed by atoms with Crippen LogP contribution in [0.15, 0.2) is 170 Å². The molecule has 8 aromatic carbocycles. The van der Waals surface area contributed by atoms with E-state index >= 15 is 0 Å². The zero-order valence-electron chi connectivity index (χ0n) is 31.9. The third-order valence-electron chi connectivity index (χ3n) is 8.40. The van der Waals surface area contributed by atoms with Gasteiger partial charge in [-0.15, -0.1) is 0 Å². The van der Waals surface area contributed by atoms with Crippen LogP contribution in [0.1, 0.15) is 11.0 Å². The largest absolute Gasteiger partial charge is 0.292 e. The van der Waals surface area contributed by atoms with Gasteiger partial charge < -0.3 is 0 Å². The van der Waals surface area contributed by atoms with Crippen molar-refractivity contribution in [1.29, 1.82) is 0 Å². The Morgan fingerprint density at radius 3 is 1.76 bits per heavy atom. The van der Waals surface area contributed by atoms with Gasteiger partial charge in [-0.25, -0.2) is 4.98 Å². The van der Waals surface area contributed by atoms with Gasteiger partial charge in [-0.2, -0.15) is 0 Å². The topological polar surface area (TPSA) is 17.8 Å². The Labute approximate surface area is 272 Å².